The quantitative estimate of drug-likeness (QED) is 0.179. The van der Waals surface area contributed by atoms with Gasteiger partial charge in [0.1, 0.15) is 11.6 Å². The number of amides is 1. The highest BCUT2D eigenvalue weighted by atomic mass is 16.6. The number of hydrogen-bond donors (Lipinski definition) is 1. The van der Waals surface area contributed by atoms with E-state index in [-0.39, 0.29) is 11.6 Å². The maximum absolute atomic E-state index is 13.3. The number of hydrazone groups is 2. The largest absolute Gasteiger partial charge is 0.301 e. The molecule has 1 aliphatic heterocycles. The SMILES string of the molecule is CCCCCCC/C(=N\Nc1ccc([N+](=O)[O-])cc1[N+](=O)[O-])C1C(=O)N(c2ccccc2)N=C1C. The van der Waals surface area contributed by atoms with Gasteiger partial charge >= 0.3 is 5.69 Å². The van der Waals surface area contributed by atoms with Crippen LogP contribution in [0.1, 0.15) is 52.4 Å². The van der Waals surface area contributed by atoms with Crippen molar-refractivity contribution in [1.82, 2.24) is 0 Å². The summed E-state index contributed by atoms with van der Waals surface area (Å²) >= 11 is 0. The predicted molar refractivity (Wildman–Crippen MR) is 135 cm³/mol. The number of benzene rings is 2. The summed E-state index contributed by atoms with van der Waals surface area (Å²) in [6, 6.07) is 12.4. The van der Waals surface area contributed by atoms with E-state index < -0.39 is 27.1 Å². The molecular formula is C24H28N6O5. The first-order valence-corrected chi connectivity index (χ1v) is 11.5. The Labute approximate surface area is 202 Å². The Morgan fingerprint density at radius 2 is 1.77 bits per heavy atom. The van der Waals surface area contributed by atoms with Gasteiger partial charge in [-0.05, 0) is 38.0 Å². The topological polar surface area (TPSA) is 143 Å². The van der Waals surface area contributed by atoms with Gasteiger partial charge in [-0.3, -0.25) is 30.4 Å². The molecule has 35 heavy (non-hydrogen) atoms. The molecule has 0 aromatic heterocycles. The van der Waals surface area contributed by atoms with Crippen LogP contribution in [0.4, 0.5) is 22.7 Å². The molecule has 1 N–H and O–H groups in total. The van der Waals surface area contributed by atoms with Crippen molar-refractivity contribution in [2.24, 2.45) is 16.1 Å². The normalized spacial score (nSPS) is 15.8. The first-order chi connectivity index (χ1) is 16.8. The summed E-state index contributed by atoms with van der Waals surface area (Å²) in [6.45, 7) is 3.88. The third-order valence-electron chi connectivity index (χ3n) is 5.71. The van der Waals surface area contributed by atoms with E-state index in [0.29, 0.717) is 23.5 Å². The molecule has 11 heteroatoms. The molecule has 1 unspecified atom stereocenters. The minimum atomic E-state index is -0.708. The number of nitro benzene ring substituents is 2. The highest BCUT2D eigenvalue weighted by molar-refractivity contribution is 6.28. The van der Waals surface area contributed by atoms with E-state index in [1.165, 1.54) is 17.1 Å². The maximum Gasteiger partial charge on any atom is 0.301 e. The summed E-state index contributed by atoms with van der Waals surface area (Å²) in [5, 5.41) is 32.7. The van der Waals surface area contributed by atoms with Crippen LogP contribution in [0.15, 0.2) is 58.7 Å². The average Bonchev–Trinajstić information content (AvgIpc) is 3.15. The van der Waals surface area contributed by atoms with Crippen LogP contribution in [-0.4, -0.2) is 27.2 Å². The summed E-state index contributed by atoms with van der Waals surface area (Å²) in [6.07, 6.45) is 5.54. The smallest absolute Gasteiger partial charge is 0.272 e. The molecule has 1 amide bonds. The molecule has 0 bridgehead atoms. The molecule has 1 atom stereocenters. The summed E-state index contributed by atoms with van der Waals surface area (Å²) in [5.74, 6) is -0.952. The van der Waals surface area contributed by atoms with Gasteiger partial charge in [0.25, 0.3) is 11.6 Å². The van der Waals surface area contributed by atoms with Crippen molar-refractivity contribution < 1.29 is 14.6 Å². The Hall–Kier alpha value is -4.15. The Morgan fingerprint density at radius 1 is 1.06 bits per heavy atom. The molecule has 184 valence electrons. The second-order valence-electron chi connectivity index (χ2n) is 8.25. The molecule has 2 aromatic carbocycles. The molecule has 0 spiro atoms. The molecule has 0 aliphatic carbocycles. The summed E-state index contributed by atoms with van der Waals surface area (Å²) in [5.41, 5.74) is 3.55. The fourth-order valence-corrected chi connectivity index (χ4v) is 3.89. The van der Waals surface area contributed by atoms with Crippen LogP contribution in [0.25, 0.3) is 0 Å². The summed E-state index contributed by atoms with van der Waals surface area (Å²) < 4.78 is 0. The maximum atomic E-state index is 13.3. The van der Waals surface area contributed by atoms with E-state index in [0.717, 1.165) is 38.2 Å². The average molecular weight is 481 g/mol. The number of carbonyl (C=O) groups excluding carboxylic acids is 1. The highest BCUT2D eigenvalue weighted by Gasteiger charge is 2.38. The van der Waals surface area contributed by atoms with E-state index in [1.807, 2.05) is 18.2 Å². The van der Waals surface area contributed by atoms with Crippen LogP contribution in [-0.2, 0) is 4.79 Å². The minimum Gasteiger partial charge on any atom is -0.272 e. The molecular weight excluding hydrogens is 452 g/mol. The van der Waals surface area contributed by atoms with Crippen LogP contribution in [0.5, 0.6) is 0 Å². The Morgan fingerprint density at radius 3 is 2.43 bits per heavy atom. The number of carbonyl (C=O) groups is 1. The van der Waals surface area contributed by atoms with E-state index in [2.05, 4.69) is 22.6 Å². The van der Waals surface area contributed by atoms with E-state index in [4.69, 9.17) is 0 Å². The molecule has 0 saturated carbocycles. The van der Waals surface area contributed by atoms with Crippen molar-refractivity contribution in [3.8, 4) is 0 Å². The number of nitro groups is 2. The van der Waals surface area contributed by atoms with Crippen LogP contribution >= 0.6 is 0 Å². The monoisotopic (exact) mass is 480 g/mol. The van der Waals surface area contributed by atoms with Gasteiger partial charge in [0.05, 0.1) is 33.0 Å². The molecule has 0 radical (unpaired) electrons. The fraction of sp³-hybridized carbons (Fsp3) is 0.375. The van der Waals surface area contributed by atoms with Crippen molar-refractivity contribution in [1.29, 1.82) is 0 Å². The number of para-hydroxylation sites is 1. The number of nitrogens with one attached hydrogen (secondary N) is 1. The minimum absolute atomic E-state index is 0.00374. The van der Waals surface area contributed by atoms with Crippen LogP contribution in [0.2, 0.25) is 0 Å². The number of rotatable bonds is 12. The van der Waals surface area contributed by atoms with Crippen molar-refractivity contribution >= 4 is 40.1 Å². The number of non-ortho nitro benzene ring substituents is 1. The Kier molecular flexibility index (Phi) is 8.60. The van der Waals surface area contributed by atoms with E-state index >= 15 is 0 Å². The van der Waals surface area contributed by atoms with Gasteiger partial charge in [0.15, 0.2) is 0 Å². The van der Waals surface area contributed by atoms with Crippen molar-refractivity contribution in [2.75, 3.05) is 10.4 Å². The van der Waals surface area contributed by atoms with E-state index in [1.54, 1.807) is 19.1 Å². The van der Waals surface area contributed by atoms with Gasteiger partial charge in [0.2, 0.25) is 0 Å². The molecule has 0 fully saturated rings. The molecule has 1 heterocycles. The van der Waals surface area contributed by atoms with Gasteiger partial charge in [0, 0.05) is 6.07 Å². The Bertz CT molecular complexity index is 1150. The number of anilines is 2. The molecule has 2 aromatic rings. The molecule has 3 rings (SSSR count). The van der Waals surface area contributed by atoms with Crippen molar-refractivity contribution in [3.63, 3.8) is 0 Å². The zero-order valence-corrected chi connectivity index (χ0v) is 19.7. The zero-order valence-electron chi connectivity index (χ0n) is 19.7. The van der Waals surface area contributed by atoms with Gasteiger partial charge in [-0.2, -0.15) is 15.2 Å². The molecule has 0 saturated heterocycles. The Balaban J connectivity index is 1.89. The second kappa shape index (κ2) is 11.8. The number of unbranched alkanes of at least 4 members (excludes halogenated alkanes) is 4. The van der Waals surface area contributed by atoms with Gasteiger partial charge < -0.3 is 0 Å². The molecule has 1 aliphatic rings. The lowest BCUT2D eigenvalue weighted by Gasteiger charge is -2.16. The van der Waals surface area contributed by atoms with E-state index in [9.17, 15) is 25.0 Å². The highest BCUT2D eigenvalue weighted by Crippen LogP contribution is 2.30. The first kappa shape index (κ1) is 25.5. The third-order valence-corrected chi connectivity index (χ3v) is 5.71. The van der Waals surface area contributed by atoms with Crippen LogP contribution in [0, 0.1) is 26.1 Å². The zero-order chi connectivity index (χ0) is 25.4. The van der Waals surface area contributed by atoms with Gasteiger partial charge in [-0.25, -0.2) is 0 Å². The van der Waals surface area contributed by atoms with Crippen LogP contribution < -0.4 is 10.4 Å². The first-order valence-electron chi connectivity index (χ1n) is 11.5. The predicted octanol–water partition coefficient (Wildman–Crippen LogP) is 5.67. The van der Waals surface area contributed by atoms with Gasteiger partial charge in [-0.1, -0.05) is 50.8 Å². The standard InChI is InChI=1S/C24H28N6O5/c1-3-4-5-6-10-13-21(23-17(2)27-28(24(23)31)18-11-8-7-9-12-18)26-25-20-15-14-19(29(32)33)16-22(20)30(34)35/h7-9,11-12,14-16,23,25H,3-6,10,13H2,1-2H3/b26-21+. The third kappa shape index (κ3) is 6.25. The van der Waals surface area contributed by atoms with Crippen LogP contribution in [0.3, 0.4) is 0 Å². The lowest BCUT2D eigenvalue weighted by atomic mass is 9.93. The van der Waals surface area contributed by atoms with Crippen molar-refractivity contribution in [2.45, 2.75) is 52.4 Å². The summed E-state index contributed by atoms with van der Waals surface area (Å²) in [7, 11) is 0. The summed E-state index contributed by atoms with van der Waals surface area (Å²) in [4.78, 5) is 34.4. The lowest BCUT2D eigenvalue weighted by molar-refractivity contribution is -0.393. The number of hydrogen-bond acceptors (Lipinski definition) is 8. The number of nitrogens with zero attached hydrogens (tertiary/aromatic N) is 5. The van der Waals surface area contributed by atoms with Crippen molar-refractivity contribution in [3.05, 3.63) is 68.8 Å². The second-order valence-corrected chi connectivity index (χ2v) is 8.25. The fourth-order valence-electron chi connectivity index (χ4n) is 3.89. The van der Waals surface area contributed by atoms with Gasteiger partial charge in [-0.15, -0.1) is 0 Å². The molecule has 11 nitrogen and oxygen atoms in total. The lowest BCUT2D eigenvalue weighted by Crippen LogP contribution is -2.33.